The summed E-state index contributed by atoms with van der Waals surface area (Å²) < 4.78 is 0. The van der Waals surface area contributed by atoms with Gasteiger partial charge in [0.15, 0.2) is 22.8 Å². The van der Waals surface area contributed by atoms with Crippen molar-refractivity contribution in [3.05, 3.63) is 92.0 Å². The number of ketones is 4. The molecule has 6 aliphatic rings. The SMILES string of the molecule is CN(C)C1C(=O)C(C(N)=O)=C(O)[C@@]2(O)C(=O)C3=C(O)c4c(O)cccc4CC3CC12.CN(C)C1C(=O)C(C(N)=O)=C(O)[C@@]2(O)C(=O)C3=C(O)c4c(ccc(CN)c4O)CC3CC12. The lowest BCUT2D eigenvalue weighted by molar-refractivity contribution is -0.155. The third-order valence-electron chi connectivity index (χ3n) is 13.4. The molecule has 8 rings (SSSR count). The maximum atomic E-state index is 13.6. The molecular formula is C43H47N5O14. The van der Waals surface area contributed by atoms with Crippen LogP contribution in [-0.4, -0.2) is 137 Å². The van der Waals surface area contributed by atoms with E-state index in [2.05, 4.69) is 0 Å². The van der Waals surface area contributed by atoms with Crippen LogP contribution in [-0.2, 0) is 48.2 Å². The number of amides is 2. The summed E-state index contributed by atoms with van der Waals surface area (Å²) in [6, 6.07) is 5.86. The van der Waals surface area contributed by atoms with Gasteiger partial charge in [0.1, 0.15) is 45.7 Å². The van der Waals surface area contributed by atoms with Gasteiger partial charge in [-0.3, -0.25) is 38.6 Å². The zero-order chi connectivity index (χ0) is 45.8. The number of phenolic OH excluding ortho intramolecular Hbond substituents is 2. The topological polar surface area (TPSA) is 349 Å². The summed E-state index contributed by atoms with van der Waals surface area (Å²) >= 11 is 0. The highest BCUT2D eigenvalue weighted by molar-refractivity contribution is 6.25. The van der Waals surface area contributed by atoms with Crippen LogP contribution < -0.4 is 17.2 Å². The van der Waals surface area contributed by atoms with Gasteiger partial charge < -0.3 is 58.1 Å². The van der Waals surface area contributed by atoms with Crippen molar-refractivity contribution < 1.29 is 69.6 Å². The predicted molar refractivity (Wildman–Crippen MR) is 216 cm³/mol. The van der Waals surface area contributed by atoms with E-state index < -0.39 is 116 Å². The molecule has 0 aliphatic heterocycles. The maximum absolute atomic E-state index is 13.6. The maximum Gasteiger partial charge on any atom is 0.255 e. The summed E-state index contributed by atoms with van der Waals surface area (Å²) in [6.07, 6.45) is 0.697. The van der Waals surface area contributed by atoms with E-state index >= 15 is 0 Å². The summed E-state index contributed by atoms with van der Waals surface area (Å²) in [6.45, 7) is 0.00321. The number of aliphatic hydroxyl groups excluding tert-OH is 4. The Morgan fingerprint density at radius 2 is 1.08 bits per heavy atom. The summed E-state index contributed by atoms with van der Waals surface area (Å²) in [5, 5.41) is 86.9. The van der Waals surface area contributed by atoms with Gasteiger partial charge in [-0.1, -0.05) is 24.3 Å². The fourth-order valence-electron chi connectivity index (χ4n) is 10.6. The molecule has 8 atom stereocenters. The van der Waals surface area contributed by atoms with Gasteiger partial charge >= 0.3 is 0 Å². The highest BCUT2D eigenvalue weighted by atomic mass is 16.4. The molecule has 0 spiro atoms. The first kappa shape index (κ1) is 43.7. The lowest BCUT2D eigenvalue weighted by atomic mass is 9.57. The number of aliphatic hydroxyl groups is 6. The number of fused-ring (bicyclic) bond motifs is 6. The predicted octanol–water partition coefficient (Wildman–Crippen LogP) is -0.613. The number of hydrogen-bond acceptors (Lipinski definition) is 17. The molecule has 328 valence electrons. The van der Waals surface area contributed by atoms with Crippen LogP contribution in [0.2, 0.25) is 0 Å². The first-order valence-electron chi connectivity index (χ1n) is 19.6. The van der Waals surface area contributed by atoms with Gasteiger partial charge in [0, 0.05) is 35.1 Å². The number of nitrogens with two attached hydrogens (primary N) is 3. The zero-order valence-electron chi connectivity index (χ0n) is 34.0. The monoisotopic (exact) mass is 857 g/mol. The minimum absolute atomic E-state index is 0.00321. The average molecular weight is 858 g/mol. The number of rotatable bonds is 5. The number of nitrogens with zero attached hydrogens (tertiary/aromatic N) is 2. The molecule has 2 amide bonds. The molecule has 2 aromatic rings. The first-order chi connectivity index (χ1) is 29.0. The van der Waals surface area contributed by atoms with E-state index in [0.29, 0.717) is 23.1 Å². The Hall–Kier alpha value is -6.38. The molecule has 19 heteroatoms. The molecule has 6 aliphatic carbocycles. The van der Waals surface area contributed by atoms with Gasteiger partial charge in [0.25, 0.3) is 11.8 Å². The minimum atomic E-state index is -2.63. The molecule has 19 nitrogen and oxygen atoms in total. The van der Waals surface area contributed by atoms with Crippen LogP contribution in [0.25, 0.3) is 11.5 Å². The third kappa shape index (κ3) is 5.90. The van der Waals surface area contributed by atoms with Gasteiger partial charge in [-0.2, -0.15) is 0 Å². The molecule has 0 radical (unpaired) electrons. The molecule has 2 saturated carbocycles. The van der Waals surface area contributed by atoms with E-state index in [9.17, 15) is 69.6 Å². The van der Waals surface area contributed by atoms with Crippen molar-refractivity contribution in [1.29, 1.82) is 0 Å². The average Bonchev–Trinajstić information content (AvgIpc) is 3.17. The number of Topliss-reactive ketones (excluding diaryl/α,β-unsaturated/α-hetero) is 4. The number of phenols is 2. The van der Waals surface area contributed by atoms with Crippen LogP contribution in [0.4, 0.5) is 0 Å². The Bertz CT molecular complexity index is 2550. The van der Waals surface area contributed by atoms with E-state index in [-0.39, 0.29) is 59.6 Å². The molecule has 0 heterocycles. The lowest BCUT2D eigenvalue weighted by Gasteiger charge is -2.50. The zero-order valence-corrected chi connectivity index (χ0v) is 34.0. The fourth-order valence-corrected chi connectivity index (χ4v) is 10.6. The number of aromatic hydroxyl groups is 2. The summed E-state index contributed by atoms with van der Waals surface area (Å²) in [5.74, 6) is -13.1. The molecule has 14 N–H and O–H groups in total. The molecule has 0 aromatic heterocycles. The van der Waals surface area contributed by atoms with E-state index in [4.69, 9.17) is 17.2 Å². The van der Waals surface area contributed by atoms with Crippen LogP contribution in [0.15, 0.2) is 64.1 Å². The standard InChI is InChI=1S/C22H25N3O7.C21H22N2O7/c1-25(2)15-11-6-10-5-8-3-4-9(7-23)16(26)12(8)17(27)13(10)19(29)22(11,32)20(30)14(18(15)28)21(24)31;1-23(2)15-10-7-9-6-8-4-3-5-11(24)12(8)16(25)13(9)18(27)21(10,30)19(28)14(17(15)26)20(22)29/h3-4,10-11,15,26-27,30,32H,5-7,23H2,1-2H3,(H2,24,31);3-5,9-10,15,24-25,28,30H,6-7H2,1-2H3,(H2,22,29)/t10?,11?,15?,22-;9?,10?,15?,21-/m00/s1. The molecular weight excluding hydrogens is 810 g/mol. The highest BCUT2D eigenvalue weighted by Gasteiger charge is 2.65. The summed E-state index contributed by atoms with van der Waals surface area (Å²) in [5.41, 5.74) is 10.7. The first-order valence-corrected chi connectivity index (χ1v) is 19.6. The Kier molecular flexibility index (Phi) is 10.5. The quantitative estimate of drug-likeness (QED) is 0.167. The number of hydrogen-bond donors (Lipinski definition) is 11. The third-order valence-corrected chi connectivity index (χ3v) is 13.4. The van der Waals surface area contributed by atoms with Crippen LogP contribution in [0.1, 0.15) is 40.7 Å². The number of benzene rings is 2. The van der Waals surface area contributed by atoms with Crippen LogP contribution in [0.3, 0.4) is 0 Å². The Morgan fingerprint density at radius 1 is 0.661 bits per heavy atom. The van der Waals surface area contributed by atoms with Crippen LogP contribution in [0.5, 0.6) is 11.5 Å². The van der Waals surface area contributed by atoms with E-state index in [1.807, 2.05) is 0 Å². The molecule has 6 unspecified atom stereocenters. The van der Waals surface area contributed by atoms with Crippen LogP contribution >= 0.6 is 0 Å². The van der Waals surface area contributed by atoms with Crippen molar-refractivity contribution in [3.8, 4) is 11.5 Å². The number of likely N-dealkylation sites (N-methyl/N-ethyl adjacent to an activating group) is 2. The molecule has 0 bridgehead atoms. The van der Waals surface area contributed by atoms with Gasteiger partial charge in [-0.05, 0) is 82.9 Å². The van der Waals surface area contributed by atoms with Crippen molar-refractivity contribution in [2.24, 2.45) is 40.9 Å². The van der Waals surface area contributed by atoms with Crippen molar-refractivity contribution in [2.45, 2.75) is 55.5 Å². The number of primary amides is 2. The van der Waals surface area contributed by atoms with E-state index in [0.717, 1.165) is 0 Å². The largest absolute Gasteiger partial charge is 0.508 e. The Morgan fingerprint density at radius 3 is 1.48 bits per heavy atom. The van der Waals surface area contributed by atoms with Gasteiger partial charge in [0.2, 0.25) is 11.6 Å². The summed E-state index contributed by atoms with van der Waals surface area (Å²) in [4.78, 5) is 79.7. The van der Waals surface area contributed by atoms with Gasteiger partial charge in [-0.15, -0.1) is 0 Å². The van der Waals surface area contributed by atoms with E-state index in [1.165, 1.54) is 15.9 Å². The molecule has 0 saturated heterocycles. The van der Waals surface area contributed by atoms with Crippen molar-refractivity contribution in [3.63, 3.8) is 0 Å². The smallest absolute Gasteiger partial charge is 0.255 e. The Labute approximate surface area is 353 Å². The summed E-state index contributed by atoms with van der Waals surface area (Å²) in [7, 11) is 6.23. The van der Waals surface area contributed by atoms with Crippen molar-refractivity contribution in [2.75, 3.05) is 28.2 Å². The lowest BCUT2D eigenvalue weighted by Crippen LogP contribution is -2.65. The normalized spacial score (nSPS) is 30.3. The second kappa shape index (κ2) is 14.9. The number of carbonyl (C=O) groups is 6. The highest BCUT2D eigenvalue weighted by Crippen LogP contribution is 2.54. The van der Waals surface area contributed by atoms with Crippen LogP contribution in [0, 0.1) is 23.7 Å². The molecule has 62 heavy (non-hydrogen) atoms. The second-order valence-electron chi connectivity index (χ2n) is 17.0. The second-order valence-corrected chi connectivity index (χ2v) is 17.0. The molecule has 2 aromatic carbocycles. The molecule has 2 fully saturated rings. The van der Waals surface area contributed by atoms with E-state index in [1.54, 1.807) is 52.5 Å². The number of carbonyl (C=O) groups excluding carboxylic acids is 6. The fraction of sp³-hybridized carbons (Fsp3) is 0.395. The van der Waals surface area contributed by atoms with Gasteiger partial charge in [0.05, 0.1) is 23.2 Å². The Balaban J connectivity index is 0.000000187. The van der Waals surface area contributed by atoms with Gasteiger partial charge in [-0.25, -0.2) is 0 Å². The van der Waals surface area contributed by atoms with Crippen molar-refractivity contribution in [1.82, 2.24) is 9.80 Å². The van der Waals surface area contributed by atoms with Crippen molar-refractivity contribution >= 4 is 46.5 Å². The minimum Gasteiger partial charge on any atom is -0.508 e.